The third kappa shape index (κ3) is 6.45. The van der Waals surface area contributed by atoms with Gasteiger partial charge in [-0.05, 0) is 45.7 Å². The molecule has 0 saturated heterocycles. The summed E-state index contributed by atoms with van der Waals surface area (Å²) in [5.41, 5.74) is -0.000377. The fraction of sp³-hybridized carbons (Fsp3) is 0.333. The number of nitrogens with one attached hydrogen (secondary N) is 1. The zero-order chi connectivity index (χ0) is 24.5. The minimum absolute atomic E-state index is 0.0621. The van der Waals surface area contributed by atoms with E-state index in [1.165, 1.54) is 31.2 Å². The average molecular weight is 506 g/mol. The summed E-state index contributed by atoms with van der Waals surface area (Å²) in [4.78, 5) is 19.7. The number of aryl methyl sites for hydroxylation is 2. The molecule has 1 aliphatic carbocycles. The van der Waals surface area contributed by atoms with Gasteiger partial charge in [0.2, 0.25) is 10.0 Å². The van der Waals surface area contributed by atoms with Crippen LogP contribution in [0.1, 0.15) is 30.9 Å². The van der Waals surface area contributed by atoms with E-state index in [9.17, 15) is 37.1 Å². The van der Waals surface area contributed by atoms with Crippen molar-refractivity contribution in [2.75, 3.05) is 0 Å². The van der Waals surface area contributed by atoms with Crippen molar-refractivity contribution >= 4 is 41.1 Å². The Morgan fingerprint density at radius 2 is 1.28 bits per heavy atom. The zero-order valence-electron chi connectivity index (χ0n) is 17.2. The third-order valence-electron chi connectivity index (χ3n) is 4.73. The van der Waals surface area contributed by atoms with Gasteiger partial charge in [0, 0.05) is 39.5 Å². The topological polar surface area (TPSA) is 167 Å². The Hall–Kier alpha value is -2.61. The van der Waals surface area contributed by atoms with Crippen molar-refractivity contribution in [1.29, 1.82) is 0 Å². The van der Waals surface area contributed by atoms with Crippen LogP contribution in [0.25, 0.3) is 0 Å². The van der Waals surface area contributed by atoms with E-state index >= 15 is 0 Å². The van der Waals surface area contributed by atoms with Crippen LogP contribution >= 0.6 is 10.7 Å². The normalized spacial score (nSPS) is 14.8. The van der Waals surface area contributed by atoms with E-state index < -0.39 is 34.5 Å². The van der Waals surface area contributed by atoms with E-state index in [4.69, 9.17) is 10.7 Å². The number of rotatable bonds is 6. The molecule has 32 heavy (non-hydrogen) atoms. The molecular weight excluding hydrogens is 486 g/mol. The van der Waals surface area contributed by atoms with E-state index in [0.717, 1.165) is 25.0 Å². The van der Waals surface area contributed by atoms with Crippen LogP contribution in [0.5, 0.6) is 0 Å². The van der Waals surface area contributed by atoms with Gasteiger partial charge in [-0.1, -0.05) is 12.1 Å². The van der Waals surface area contributed by atoms with Crippen LogP contribution < -0.4 is 4.72 Å². The van der Waals surface area contributed by atoms with Crippen molar-refractivity contribution in [2.45, 2.75) is 48.9 Å². The van der Waals surface area contributed by atoms with Crippen molar-refractivity contribution in [3.63, 3.8) is 0 Å². The monoisotopic (exact) mass is 505 g/mol. The summed E-state index contributed by atoms with van der Waals surface area (Å²) < 4.78 is 48.4. The predicted octanol–water partition coefficient (Wildman–Crippen LogP) is 3.56. The summed E-state index contributed by atoms with van der Waals surface area (Å²) in [6.45, 7) is 4.90. The second-order valence-electron chi connectivity index (χ2n) is 7.51. The molecule has 0 atom stereocenters. The van der Waals surface area contributed by atoms with E-state index in [-0.39, 0.29) is 21.2 Å². The number of sulfonamides is 1. The molecule has 0 bridgehead atoms. The summed E-state index contributed by atoms with van der Waals surface area (Å²) >= 11 is 0. The Labute approximate surface area is 189 Å². The van der Waals surface area contributed by atoms with Crippen LogP contribution in [-0.4, -0.2) is 32.2 Å². The largest absolute Gasteiger partial charge is 0.273 e. The molecule has 174 valence electrons. The summed E-state index contributed by atoms with van der Waals surface area (Å²) in [6.07, 6.45) is 1.58. The van der Waals surface area contributed by atoms with Crippen LogP contribution in [0.3, 0.4) is 0 Å². The lowest BCUT2D eigenvalue weighted by Gasteiger charge is -2.12. The first-order valence-electron chi connectivity index (χ1n) is 9.04. The quantitative estimate of drug-likeness (QED) is 0.353. The Bertz CT molecular complexity index is 1290. The number of hydrogen-bond donors (Lipinski definition) is 1. The number of nitrogens with zero attached hydrogens (tertiary/aromatic N) is 2. The lowest BCUT2D eigenvalue weighted by atomic mass is 10.2. The van der Waals surface area contributed by atoms with Crippen molar-refractivity contribution in [1.82, 2.24) is 4.72 Å². The lowest BCUT2D eigenvalue weighted by Crippen LogP contribution is -2.34. The SMILES string of the molecule is Cc1ccc(S(=O)(=O)Cl)cc1[N+](=O)[O-].Cc1ccc(S(=O)(=O)NC2(C)CC2)cc1[N+](=O)[O-]. The zero-order valence-corrected chi connectivity index (χ0v) is 19.6. The molecule has 2 aromatic rings. The second-order valence-corrected chi connectivity index (χ2v) is 11.8. The van der Waals surface area contributed by atoms with Crippen molar-refractivity contribution in [2.24, 2.45) is 0 Å². The maximum atomic E-state index is 12.0. The number of hydrogen-bond acceptors (Lipinski definition) is 8. The highest BCUT2D eigenvalue weighted by Crippen LogP contribution is 2.36. The minimum Gasteiger partial charge on any atom is -0.258 e. The van der Waals surface area contributed by atoms with Crippen molar-refractivity contribution in [3.05, 3.63) is 67.8 Å². The maximum Gasteiger partial charge on any atom is 0.273 e. The molecular formula is C18H20ClN3O8S2. The van der Waals surface area contributed by atoms with E-state index in [1.54, 1.807) is 6.92 Å². The first-order chi connectivity index (χ1) is 14.6. The first kappa shape index (κ1) is 25.6. The van der Waals surface area contributed by atoms with E-state index in [2.05, 4.69) is 4.72 Å². The Balaban J connectivity index is 0.000000235. The van der Waals surface area contributed by atoms with Gasteiger partial charge in [-0.25, -0.2) is 21.6 Å². The minimum atomic E-state index is -3.91. The first-order valence-corrected chi connectivity index (χ1v) is 12.8. The number of halogens is 1. The van der Waals surface area contributed by atoms with E-state index in [0.29, 0.717) is 11.1 Å². The molecule has 11 nitrogen and oxygen atoms in total. The fourth-order valence-corrected chi connectivity index (χ4v) is 4.82. The molecule has 14 heteroatoms. The van der Waals surface area contributed by atoms with Crippen molar-refractivity contribution < 1.29 is 26.7 Å². The fourth-order valence-electron chi connectivity index (χ4n) is 2.56. The Morgan fingerprint density at radius 1 is 0.875 bits per heavy atom. The van der Waals surface area contributed by atoms with Crippen LogP contribution in [0.4, 0.5) is 11.4 Å². The standard InChI is InChI=1S/C11H14N2O4S.C7H6ClNO4S/c1-8-3-4-9(7-10(8)13(14)15)18(16,17)12-11(2)5-6-11;1-5-2-3-6(14(8,12)13)4-7(5)9(10)11/h3-4,7,12H,5-6H2,1-2H3;2-4H,1H3. The molecule has 0 heterocycles. The molecule has 1 fully saturated rings. The Morgan fingerprint density at radius 3 is 1.66 bits per heavy atom. The molecule has 0 unspecified atom stereocenters. The molecule has 1 saturated carbocycles. The molecule has 1 N–H and O–H groups in total. The van der Waals surface area contributed by atoms with Gasteiger partial charge >= 0.3 is 0 Å². The smallest absolute Gasteiger partial charge is 0.258 e. The molecule has 0 amide bonds. The number of nitro benzene ring substituents is 2. The highest BCUT2D eigenvalue weighted by Gasteiger charge is 2.41. The molecule has 0 aromatic heterocycles. The predicted molar refractivity (Wildman–Crippen MR) is 117 cm³/mol. The molecule has 0 radical (unpaired) electrons. The van der Waals surface area contributed by atoms with Crippen LogP contribution in [-0.2, 0) is 19.1 Å². The van der Waals surface area contributed by atoms with Crippen molar-refractivity contribution in [3.8, 4) is 0 Å². The molecule has 3 rings (SSSR count). The second kappa shape index (κ2) is 9.10. The molecule has 0 aliphatic heterocycles. The molecule has 0 spiro atoms. The number of nitro groups is 2. The molecule has 2 aromatic carbocycles. The molecule has 1 aliphatic rings. The van der Waals surface area contributed by atoms with Gasteiger partial charge in [-0.15, -0.1) is 0 Å². The summed E-state index contributed by atoms with van der Waals surface area (Å²) in [5.74, 6) is 0. The van der Waals surface area contributed by atoms with Gasteiger partial charge in [0.15, 0.2) is 0 Å². The van der Waals surface area contributed by atoms with Crippen LogP contribution in [0.15, 0.2) is 46.2 Å². The average Bonchev–Trinajstić information content (AvgIpc) is 3.37. The summed E-state index contributed by atoms with van der Waals surface area (Å²) in [5, 5.41) is 21.3. The van der Waals surface area contributed by atoms with Gasteiger partial charge in [-0.3, -0.25) is 20.2 Å². The van der Waals surface area contributed by atoms with Gasteiger partial charge in [0.05, 0.1) is 19.6 Å². The van der Waals surface area contributed by atoms with Crippen LogP contribution in [0, 0.1) is 34.1 Å². The highest BCUT2D eigenvalue weighted by molar-refractivity contribution is 8.13. The highest BCUT2D eigenvalue weighted by atomic mass is 35.7. The lowest BCUT2D eigenvalue weighted by molar-refractivity contribution is -0.385. The van der Waals surface area contributed by atoms with Gasteiger partial charge < -0.3 is 0 Å². The maximum absolute atomic E-state index is 12.0. The van der Waals surface area contributed by atoms with E-state index in [1.807, 2.05) is 6.92 Å². The third-order valence-corrected chi connectivity index (χ3v) is 7.71. The Kier molecular flexibility index (Phi) is 7.29. The number of benzene rings is 2. The van der Waals surface area contributed by atoms with Crippen LogP contribution in [0.2, 0.25) is 0 Å². The summed E-state index contributed by atoms with van der Waals surface area (Å²) in [7, 11) is -2.55. The van der Waals surface area contributed by atoms with Gasteiger partial charge in [0.25, 0.3) is 20.4 Å². The van der Waals surface area contributed by atoms with Gasteiger partial charge in [0.1, 0.15) is 0 Å². The van der Waals surface area contributed by atoms with Gasteiger partial charge in [-0.2, -0.15) is 0 Å². The summed E-state index contributed by atoms with van der Waals surface area (Å²) in [6, 6.07) is 7.44.